The lowest BCUT2D eigenvalue weighted by Gasteiger charge is -2.39. The van der Waals surface area contributed by atoms with E-state index in [1.165, 1.54) is 6.42 Å². The van der Waals surface area contributed by atoms with Crippen molar-refractivity contribution in [1.29, 1.82) is 0 Å². The van der Waals surface area contributed by atoms with Gasteiger partial charge < -0.3 is 24.6 Å². The van der Waals surface area contributed by atoms with Crippen LogP contribution in [0.4, 0.5) is 0 Å². The Morgan fingerprint density at radius 2 is 1.84 bits per heavy atom. The van der Waals surface area contributed by atoms with Crippen molar-refractivity contribution in [2.75, 3.05) is 33.2 Å². The third kappa shape index (κ3) is 5.47. The number of fused-ring (bicyclic) bond motifs is 2. The number of imidazole rings is 1. The Hall–Kier alpha value is -2.46. The first-order chi connectivity index (χ1) is 15.4. The van der Waals surface area contributed by atoms with Gasteiger partial charge in [-0.15, -0.1) is 0 Å². The zero-order valence-electron chi connectivity index (χ0n) is 19.4. The van der Waals surface area contributed by atoms with Crippen molar-refractivity contribution in [3.05, 3.63) is 18.2 Å². The molecule has 4 rings (SSSR count). The summed E-state index contributed by atoms with van der Waals surface area (Å²) < 4.78 is 2.11. The van der Waals surface area contributed by atoms with Crippen LogP contribution in [0.5, 0.6) is 0 Å². The fourth-order valence-electron chi connectivity index (χ4n) is 5.58. The SMILES string of the molecule is CC[C@@]1(C(=O)N2CCCN(C)CC2)C[C@@H]2CC[C@H]1N2Cc1nccn1C.O=CO.O=CO. The molecule has 0 aromatic carbocycles. The Balaban J connectivity index is 0.000000547. The van der Waals surface area contributed by atoms with Gasteiger partial charge in [0.25, 0.3) is 12.9 Å². The average molecular weight is 452 g/mol. The summed E-state index contributed by atoms with van der Waals surface area (Å²) in [4.78, 5) is 42.0. The van der Waals surface area contributed by atoms with Gasteiger partial charge in [0.1, 0.15) is 5.82 Å². The van der Waals surface area contributed by atoms with E-state index in [1.54, 1.807) is 0 Å². The molecule has 3 saturated heterocycles. The Labute approximate surface area is 189 Å². The Kier molecular flexibility index (Phi) is 9.64. The van der Waals surface area contributed by atoms with Crippen LogP contribution in [-0.2, 0) is 28.0 Å². The van der Waals surface area contributed by atoms with Gasteiger partial charge in [-0.25, -0.2) is 4.98 Å². The molecular weight excluding hydrogens is 414 g/mol. The molecule has 10 nitrogen and oxygen atoms in total. The molecule has 0 aliphatic carbocycles. The zero-order chi connectivity index (χ0) is 23.7. The molecule has 3 atom stereocenters. The summed E-state index contributed by atoms with van der Waals surface area (Å²) >= 11 is 0. The summed E-state index contributed by atoms with van der Waals surface area (Å²) in [5, 5.41) is 13.8. The van der Waals surface area contributed by atoms with Crippen LogP contribution in [0.2, 0.25) is 0 Å². The molecule has 32 heavy (non-hydrogen) atoms. The first-order valence-corrected chi connectivity index (χ1v) is 11.2. The second-order valence-corrected chi connectivity index (χ2v) is 8.75. The summed E-state index contributed by atoms with van der Waals surface area (Å²) in [7, 11) is 4.22. The lowest BCUT2D eigenvalue weighted by Crippen LogP contribution is -2.51. The molecule has 0 radical (unpaired) electrons. The summed E-state index contributed by atoms with van der Waals surface area (Å²) in [5.74, 6) is 1.53. The van der Waals surface area contributed by atoms with Gasteiger partial charge in [0.2, 0.25) is 5.91 Å². The van der Waals surface area contributed by atoms with E-state index >= 15 is 0 Å². The first kappa shape index (κ1) is 25.8. The Bertz CT molecular complexity index is 751. The Morgan fingerprint density at radius 3 is 2.44 bits per heavy atom. The topological polar surface area (TPSA) is 119 Å². The van der Waals surface area contributed by atoms with Crippen LogP contribution in [0.3, 0.4) is 0 Å². The standard InChI is InChI=1S/C20H33N5O.2CH2O2/c1-4-20(19(26)24-10-5-9-22(2)12-13-24)14-16-6-7-17(20)25(16)15-18-21-8-11-23(18)3;2*2-1-3/h8,11,16-17H,4-7,9-10,12-15H2,1-3H3;2*1H,(H,2,3)/t16-,17+,20+;;/m0../s1. The minimum Gasteiger partial charge on any atom is -0.483 e. The molecule has 0 saturated carbocycles. The fraction of sp³-hybridized carbons (Fsp3) is 0.727. The van der Waals surface area contributed by atoms with Crippen molar-refractivity contribution < 1.29 is 24.6 Å². The van der Waals surface area contributed by atoms with E-state index in [0.29, 0.717) is 18.0 Å². The Morgan fingerprint density at radius 1 is 1.16 bits per heavy atom. The molecule has 1 amide bonds. The number of carboxylic acid groups (broad SMARTS) is 2. The number of amides is 1. The van der Waals surface area contributed by atoms with Gasteiger partial charge in [-0.3, -0.25) is 19.3 Å². The summed E-state index contributed by atoms with van der Waals surface area (Å²) in [6.45, 7) is 6.49. The fourth-order valence-corrected chi connectivity index (χ4v) is 5.58. The van der Waals surface area contributed by atoms with Crippen LogP contribution < -0.4 is 0 Å². The monoisotopic (exact) mass is 451 g/mol. The molecule has 10 heteroatoms. The van der Waals surface area contributed by atoms with E-state index in [9.17, 15) is 4.79 Å². The summed E-state index contributed by atoms with van der Waals surface area (Å²) in [6, 6.07) is 0.915. The van der Waals surface area contributed by atoms with E-state index in [1.807, 2.05) is 12.4 Å². The van der Waals surface area contributed by atoms with Crippen molar-refractivity contribution in [2.45, 2.75) is 57.7 Å². The third-order valence-corrected chi connectivity index (χ3v) is 7.19. The number of carbonyl (C=O) groups is 3. The van der Waals surface area contributed by atoms with Gasteiger partial charge >= 0.3 is 0 Å². The maximum Gasteiger partial charge on any atom is 0.290 e. The van der Waals surface area contributed by atoms with E-state index in [-0.39, 0.29) is 18.4 Å². The number of aryl methyl sites for hydroxylation is 1. The summed E-state index contributed by atoms with van der Waals surface area (Å²) in [6.07, 6.45) is 9.35. The average Bonchev–Trinajstić information content (AvgIpc) is 3.39. The number of hydrogen-bond acceptors (Lipinski definition) is 6. The molecule has 4 heterocycles. The van der Waals surface area contributed by atoms with Crippen LogP contribution >= 0.6 is 0 Å². The largest absolute Gasteiger partial charge is 0.483 e. The molecule has 2 bridgehead atoms. The predicted octanol–water partition coefficient (Wildman–Crippen LogP) is 1.12. The molecular formula is C22H37N5O5. The molecule has 1 aromatic rings. The maximum absolute atomic E-state index is 13.7. The zero-order valence-corrected chi connectivity index (χ0v) is 19.4. The van der Waals surface area contributed by atoms with Gasteiger partial charge in [-0.05, 0) is 45.7 Å². The van der Waals surface area contributed by atoms with E-state index in [4.69, 9.17) is 19.8 Å². The van der Waals surface area contributed by atoms with Crippen molar-refractivity contribution in [3.8, 4) is 0 Å². The van der Waals surface area contributed by atoms with Crippen LogP contribution in [-0.4, -0.2) is 98.6 Å². The normalized spacial score (nSPS) is 27.5. The van der Waals surface area contributed by atoms with E-state index < -0.39 is 0 Å². The van der Waals surface area contributed by atoms with Crippen molar-refractivity contribution >= 4 is 18.9 Å². The second kappa shape index (κ2) is 12.0. The van der Waals surface area contributed by atoms with Gasteiger partial charge in [-0.1, -0.05) is 6.92 Å². The lowest BCUT2D eigenvalue weighted by atomic mass is 9.70. The number of aromatic nitrogens is 2. The predicted molar refractivity (Wildman–Crippen MR) is 119 cm³/mol. The molecule has 2 N–H and O–H groups in total. The van der Waals surface area contributed by atoms with Crippen molar-refractivity contribution in [3.63, 3.8) is 0 Å². The van der Waals surface area contributed by atoms with Crippen LogP contribution in [0.15, 0.2) is 12.4 Å². The number of nitrogens with zero attached hydrogens (tertiary/aromatic N) is 5. The third-order valence-electron chi connectivity index (χ3n) is 7.19. The molecule has 1 aromatic heterocycles. The molecule has 3 fully saturated rings. The highest BCUT2D eigenvalue weighted by Gasteiger charge is 2.59. The maximum atomic E-state index is 13.7. The molecule has 0 unspecified atom stereocenters. The van der Waals surface area contributed by atoms with Gasteiger partial charge in [0.15, 0.2) is 0 Å². The highest BCUT2D eigenvalue weighted by atomic mass is 16.3. The van der Waals surface area contributed by atoms with Gasteiger partial charge in [0, 0.05) is 51.2 Å². The molecule has 0 spiro atoms. The van der Waals surface area contributed by atoms with Crippen molar-refractivity contribution in [1.82, 2.24) is 24.3 Å². The minimum atomic E-state index is -0.250. The quantitative estimate of drug-likeness (QED) is 0.654. The van der Waals surface area contributed by atoms with Crippen LogP contribution in [0.25, 0.3) is 0 Å². The minimum absolute atomic E-state index is 0.184. The van der Waals surface area contributed by atoms with E-state index in [0.717, 1.165) is 64.2 Å². The number of likely N-dealkylation sites (N-methyl/N-ethyl adjacent to an activating group) is 1. The molecule has 3 aliphatic rings. The lowest BCUT2D eigenvalue weighted by molar-refractivity contribution is -0.144. The number of rotatable bonds is 4. The number of hydrogen-bond donors (Lipinski definition) is 2. The number of carbonyl (C=O) groups excluding carboxylic acids is 1. The first-order valence-electron chi connectivity index (χ1n) is 11.2. The van der Waals surface area contributed by atoms with Gasteiger partial charge in [0.05, 0.1) is 12.0 Å². The highest BCUT2D eigenvalue weighted by molar-refractivity contribution is 5.84. The van der Waals surface area contributed by atoms with Crippen molar-refractivity contribution in [2.24, 2.45) is 12.5 Å². The highest BCUT2D eigenvalue weighted by Crippen LogP contribution is 2.53. The smallest absolute Gasteiger partial charge is 0.290 e. The van der Waals surface area contributed by atoms with Crippen LogP contribution in [0.1, 0.15) is 44.9 Å². The van der Waals surface area contributed by atoms with Gasteiger partial charge in [-0.2, -0.15) is 0 Å². The summed E-state index contributed by atoms with van der Waals surface area (Å²) in [5.41, 5.74) is -0.184. The van der Waals surface area contributed by atoms with Crippen LogP contribution in [0, 0.1) is 5.41 Å². The second-order valence-electron chi connectivity index (χ2n) is 8.75. The molecule has 3 aliphatic heterocycles. The molecule has 180 valence electrons. The van der Waals surface area contributed by atoms with E-state index in [2.05, 4.69) is 45.3 Å².